The number of hydrogen-bond acceptors (Lipinski definition) is 1. The maximum atomic E-state index is 11.2. The lowest BCUT2D eigenvalue weighted by molar-refractivity contribution is -0.129. The first-order valence-corrected chi connectivity index (χ1v) is 5.29. The van der Waals surface area contributed by atoms with E-state index in [0.29, 0.717) is 11.7 Å². The van der Waals surface area contributed by atoms with Gasteiger partial charge >= 0.3 is 0 Å². The third-order valence-corrected chi connectivity index (χ3v) is 3.81. The van der Waals surface area contributed by atoms with E-state index in [0.717, 1.165) is 11.8 Å². The van der Waals surface area contributed by atoms with Crippen LogP contribution in [-0.4, -0.2) is 5.78 Å². The Morgan fingerprint density at radius 3 is 2.67 bits per heavy atom. The summed E-state index contributed by atoms with van der Waals surface area (Å²) < 4.78 is 0. The zero-order chi connectivity index (χ0) is 8.55. The van der Waals surface area contributed by atoms with E-state index in [4.69, 9.17) is 0 Å². The highest BCUT2D eigenvalue weighted by molar-refractivity contribution is 5.79. The summed E-state index contributed by atoms with van der Waals surface area (Å²) in [4.78, 5) is 11.2. The molecule has 2 rings (SSSR count). The Morgan fingerprint density at radius 2 is 1.92 bits per heavy atom. The molecule has 3 atom stereocenters. The number of carbonyl (C=O) groups is 1. The van der Waals surface area contributed by atoms with Gasteiger partial charge in [-0.2, -0.15) is 0 Å². The van der Waals surface area contributed by atoms with Crippen molar-refractivity contribution < 1.29 is 4.79 Å². The van der Waals surface area contributed by atoms with E-state index in [-0.39, 0.29) is 0 Å². The van der Waals surface area contributed by atoms with Gasteiger partial charge in [0.15, 0.2) is 0 Å². The molecule has 0 aromatic heterocycles. The van der Waals surface area contributed by atoms with Gasteiger partial charge in [-0.25, -0.2) is 0 Å². The topological polar surface area (TPSA) is 17.1 Å². The maximum absolute atomic E-state index is 11.2. The largest absolute Gasteiger partial charge is 0.300 e. The lowest BCUT2D eigenvalue weighted by Crippen LogP contribution is -2.39. The molecule has 0 saturated heterocycles. The van der Waals surface area contributed by atoms with E-state index in [9.17, 15) is 4.79 Å². The summed E-state index contributed by atoms with van der Waals surface area (Å²) in [6.07, 6.45) is 8.11. The Morgan fingerprint density at radius 1 is 1.17 bits per heavy atom. The lowest BCUT2D eigenvalue weighted by Gasteiger charge is -2.42. The predicted molar refractivity (Wildman–Crippen MR) is 48.9 cm³/mol. The van der Waals surface area contributed by atoms with E-state index in [1.807, 2.05) is 0 Å². The zero-order valence-electron chi connectivity index (χ0n) is 7.88. The van der Waals surface area contributed by atoms with Crippen molar-refractivity contribution in [3.05, 3.63) is 0 Å². The molecule has 0 aromatic rings. The van der Waals surface area contributed by atoms with E-state index < -0.39 is 0 Å². The molecule has 0 amide bonds. The van der Waals surface area contributed by atoms with E-state index in [1.54, 1.807) is 6.92 Å². The normalized spacial score (nSPS) is 40.9. The predicted octanol–water partition coefficient (Wildman–Crippen LogP) is 2.79. The van der Waals surface area contributed by atoms with Crippen LogP contribution < -0.4 is 0 Å². The minimum absolute atomic E-state index is 0.443. The van der Waals surface area contributed by atoms with Gasteiger partial charge in [-0.3, -0.25) is 4.79 Å². The third kappa shape index (κ3) is 1.30. The van der Waals surface area contributed by atoms with Crippen molar-refractivity contribution in [2.75, 3.05) is 0 Å². The SMILES string of the molecule is CC(=O)[C@H]1C[C@@H]2CCCCC[C@@H]21. The van der Waals surface area contributed by atoms with Crippen molar-refractivity contribution in [2.45, 2.75) is 45.4 Å². The van der Waals surface area contributed by atoms with E-state index >= 15 is 0 Å². The van der Waals surface area contributed by atoms with Crippen molar-refractivity contribution >= 4 is 5.78 Å². The van der Waals surface area contributed by atoms with Gasteiger partial charge in [0.1, 0.15) is 5.78 Å². The smallest absolute Gasteiger partial charge is 0.133 e. The Labute approximate surface area is 74.5 Å². The van der Waals surface area contributed by atoms with Crippen molar-refractivity contribution in [3.8, 4) is 0 Å². The second-order valence-corrected chi connectivity index (χ2v) is 4.51. The average Bonchev–Trinajstić information content (AvgIpc) is 2.13. The van der Waals surface area contributed by atoms with Crippen LogP contribution in [0.3, 0.4) is 0 Å². The second-order valence-electron chi connectivity index (χ2n) is 4.51. The number of rotatable bonds is 1. The zero-order valence-corrected chi connectivity index (χ0v) is 7.88. The van der Waals surface area contributed by atoms with E-state index in [1.165, 1.54) is 38.5 Å². The number of hydrogen-bond donors (Lipinski definition) is 0. The molecule has 1 nitrogen and oxygen atoms in total. The molecule has 0 aromatic carbocycles. The van der Waals surface area contributed by atoms with Gasteiger partial charge in [0.05, 0.1) is 0 Å². The van der Waals surface area contributed by atoms with Crippen LogP contribution in [0.1, 0.15) is 45.4 Å². The minimum atomic E-state index is 0.443. The summed E-state index contributed by atoms with van der Waals surface area (Å²) in [6, 6.07) is 0. The molecule has 0 N–H and O–H groups in total. The van der Waals surface area contributed by atoms with Gasteiger partial charge in [-0.1, -0.05) is 25.7 Å². The van der Waals surface area contributed by atoms with Gasteiger partial charge in [-0.15, -0.1) is 0 Å². The van der Waals surface area contributed by atoms with Crippen molar-refractivity contribution in [3.63, 3.8) is 0 Å². The van der Waals surface area contributed by atoms with Crippen LogP contribution in [0, 0.1) is 17.8 Å². The summed E-state index contributed by atoms with van der Waals surface area (Å²) in [5.41, 5.74) is 0. The van der Waals surface area contributed by atoms with Crippen LogP contribution in [0.15, 0.2) is 0 Å². The molecule has 0 unspecified atom stereocenters. The summed E-state index contributed by atoms with van der Waals surface area (Å²) in [5, 5.41) is 0. The molecule has 68 valence electrons. The summed E-state index contributed by atoms with van der Waals surface area (Å²) in [7, 11) is 0. The summed E-state index contributed by atoms with van der Waals surface area (Å²) in [5.74, 6) is 2.60. The van der Waals surface area contributed by atoms with Gasteiger partial charge < -0.3 is 0 Å². The molecule has 1 heteroatoms. The first-order valence-electron chi connectivity index (χ1n) is 5.29. The summed E-state index contributed by atoms with van der Waals surface area (Å²) >= 11 is 0. The first-order chi connectivity index (χ1) is 5.79. The molecular formula is C11H18O. The number of ketones is 1. The Bertz CT molecular complexity index is 185. The van der Waals surface area contributed by atoms with Crippen LogP contribution in [0.4, 0.5) is 0 Å². The molecule has 0 radical (unpaired) electrons. The molecule has 0 aliphatic heterocycles. The monoisotopic (exact) mass is 166 g/mol. The standard InChI is InChI=1S/C11H18O/c1-8(12)11-7-9-5-3-2-4-6-10(9)11/h9-11H,2-7H2,1H3/t9-,10-,11+/m0/s1. The molecular weight excluding hydrogens is 148 g/mol. The quantitative estimate of drug-likeness (QED) is 0.585. The molecule has 2 aliphatic rings. The fourth-order valence-corrected chi connectivity index (χ4v) is 3.01. The molecule has 2 fully saturated rings. The number of Topliss-reactive ketones (excluding diaryl/α,β-unsaturated/α-hetero) is 1. The molecule has 12 heavy (non-hydrogen) atoms. The van der Waals surface area contributed by atoms with Crippen LogP contribution in [-0.2, 0) is 4.79 Å². The van der Waals surface area contributed by atoms with Gasteiger partial charge in [0.2, 0.25) is 0 Å². The summed E-state index contributed by atoms with van der Waals surface area (Å²) in [6.45, 7) is 1.77. The Kier molecular flexibility index (Phi) is 2.20. The maximum Gasteiger partial charge on any atom is 0.133 e. The van der Waals surface area contributed by atoms with Gasteiger partial charge in [-0.05, 0) is 31.6 Å². The molecule has 0 spiro atoms. The number of fused-ring (bicyclic) bond motifs is 1. The highest BCUT2D eigenvalue weighted by atomic mass is 16.1. The molecule has 2 saturated carbocycles. The highest BCUT2D eigenvalue weighted by Gasteiger charge is 2.42. The van der Waals surface area contributed by atoms with Crippen molar-refractivity contribution in [1.82, 2.24) is 0 Å². The average molecular weight is 166 g/mol. The number of carbonyl (C=O) groups excluding carboxylic acids is 1. The molecule has 0 heterocycles. The van der Waals surface area contributed by atoms with Crippen molar-refractivity contribution in [1.29, 1.82) is 0 Å². The van der Waals surface area contributed by atoms with Crippen molar-refractivity contribution in [2.24, 2.45) is 17.8 Å². The first kappa shape index (κ1) is 8.28. The molecule has 2 aliphatic carbocycles. The van der Waals surface area contributed by atoms with Crippen LogP contribution in [0.2, 0.25) is 0 Å². The fraction of sp³-hybridized carbons (Fsp3) is 0.909. The Hall–Kier alpha value is -0.330. The van der Waals surface area contributed by atoms with Gasteiger partial charge in [0.25, 0.3) is 0 Å². The van der Waals surface area contributed by atoms with Crippen LogP contribution in [0.5, 0.6) is 0 Å². The lowest BCUT2D eigenvalue weighted by atomic mass is 9.61. The Balaban J connectivity index is 1.96. The molecule has 0 bridgehead atoms. The second kappa shape index (κ2) is 3.20. The van der Waals surface area contributed by atoms with E-state index in [2.05, 4.69) is 0 Å². The van der Waals surface area contributed by atoms with Gasteiger partial charge in [0, 0.05) is 5.92 Å². The van der Waals surface area contributed by atoms with Crippen LogP contribution in [0.25, 0.3) is 0 Å². The van der Waals surface area contributed by atoms with Crippen LogP contribution >= 0.6 is 0 Å². The third-order valence-electron chi connectivity index (χ3n) is 3.81. The highest BCUT2D eigenvalue weighted by Crippen LogP contribution is 2.48. The minimum Gasteiger partial charge on any atom is -0.300 e. The fourth-order valence-electron chi connectivity index (χ4n) is 3.01.